The third kappa shape index (κ3) is 4.45. The van der Waals surface area contributed by atoms with Gasteiger partial charge in [-0.2, -0.15) is 0 Å². The van der Waals surface area contributed by atoms with Crippen molar-refractivity contribution in [3.8, 4) is 17.0 Å². The Bertz CT molecular complexity index is 1410. The van der Waals surface area contributed by atoms with Crippen molar-refractivity contribution in [3.05, 3.63) is 76.6 Å². The maximum absolute atomic E-state index is 15.2. The Morgan fingerprint density at radius 1 is 1.21 bits per heavy atom. The first kappa shape index (κ1) is 25.8. The molecule has 2 aromatic carbocycles. The van der Waals surface area contributed by atoms with E-state index in [1.807, 2.05) is 24.3 Å². The fraction of sp³-hybridized carbons (Fsp3) is 0.419. The number of pyridine rings is 1. The average molecular weight is 532 g/mol. The number of piperidine rings is 1. The number of ether oxygens (including phenoxy) is 3. The lowest BCUT2D eigenvalue weighted by atomic mass is 9.94. The monoisotopic (exact) mass is 531 g/mol. The van der Waals surface area contributed by atoms with E-state index < -0.39 is 11.2 Å². The summed E-state index contributed by atoms with van der Waals surface area (Å²) in [6.45, 7) is 5.30. The fourth-order valence-electron chi connectivity index (χ4n) is 6.57. The van der Waals surface area contributed by atoms with Gasteiger partial charge in [-0.25, -0.2) is 9.37 Å². The number of carbonyl (C=O) groups is 1. The molecule has 204 valence electrons. The second kappa shape index (κ2) is 10.2. The lowest BCUT2D eigenvalue weighted by molar-refractivity contribution is -0.148. The fourth-order valence-corrected chi connectivity index (χ4v) is 6.57. The third-order valence-corrected chi connectivity index (χ3v) is 8.58. The summed E-state index contributed by atoms with van der Waals surface area (Å²) in [6.07, 6.45) is 1.77. The number of fused-ring (bicyclic) bond motifs is 2. The summed E-state index contributed by atoms with van der Waals surface area (Å²) in [5.74, 6) is 0.493. The van der Waals surface area contributed by atoms with E-state index in [-0.39, 0.29) is 30.3 Å². The van der Waals surface area contributed by atoms with Crippen molar-refractivity contribution >= 4 is 11.8 Å². The number of carbonyl (C=O) groups excluding carboxylic acids is 1. The zero-order chi connectivity index (χ0) is 27.1. The number of hydrogen-bond donors (Lipinski definition) is 1. The minimum absolute atomic E-state index is 0.173. The largest absolute Gasteiger partial charge is 0.485 e. The highest BCUT2D eigenvalue weighted by Crippen LogP contribution is 2.62. The normalized spacial score (nSPS) is 23.2. The van der Waals surface area contributed by atoms with Gasteiger partial charge in [0, 0.05) is 25.8 Å². The van der Waals surface area contributed by atoms with E-state index in [4.69, 9.17) is 19.2 Å². The van der Waals surface area contributed by atoms with Crippen LogP contribution in [-0.4, -0.2) is 50.9 Å². The quantitative estimate of drug-likeness (QED) is 0.431. The van der Waals surface area contributed by atoms with Crippen LogP contribution in [0.1, 0.15) is 28.7 Å². The molecule has 1 aliphatic carbocycles. The molecular weight excluding hydrogens is 497 g/mol. The first-order valence-electron chi connectivity index (χ1n) is 13.5. The molecule has 1 saturated heterocycles. The number of aromatic nitrogens is 1. The Morgan fingerprint density at radius 3 is 2.87 bits per heavy atom. The Balaban J connectivity index is 1.28. The number of nitrogens with zero attached hydrogens (tertiary/aromatic N) is 2. The highest BCUT2D eigenvalue weighted by molar-refractivity contribution is 5.84. The second-order valence-corrected chi connectivity index (χ2v) is 10.8. The van der Waals surface area contributed by atoms with Gasteiger partial charge >= 0.3 is 5.97 Å². The van der Waals surface area contributed by atoms with Crippen molar-refractivity contribution in [1.29, 1.82) is 0 Å². The summed E-state index contributed by atoms with van der Waals surface area (Å²) in [5.41, 5.74) is 5.56. The standard InChI is InChI=1S/C31H34FN3O4/c1-19-12-20(13-21-10-11-33-15-24(19)21)17-39-29-23(6-4-7-25(29)32)26-8-5-9-28(34-26)35-16-22-14-31(22,30(36)38-3)27(35)18-37-2/h4-9,12-13,22,27,33H,10-11,14-18H2,1-3H3/t22-,27+,31+/m0/s1. The topological polar surface area (TPSA) is 72.9 Å². The van der Waals surface area contributed by atoms with Crippen LogP contribution < -0.4 is 15.0 Å². The number of esters is 1. The summed E-state index contributed by atoms with van der Waals surface area (Å²) in [4.78, 5) is 19.8. The molecule has 0 bridgehead atoms. The van der Waals surface area contributed by atoms with Gasteiger partial charge in [-0.3, -0.25) is 4.79 Å². The number of methoxy groups -OCH3 is 2. The Labute approximate surface area is 228 Å². The molecule has 3 aromatic rings. The molecule has 0 radical (unpaired) electrons. The van der Waals surface area contributed by atoms with Gasteiger partial charge in [0.2, 0.25) is 0 Å². The van der Waals surface area contributed by atoms with E-state index in [2.05, 4.69) is 29.3 Å². The lowest BCUT2D eigenvalue weighted by Gasteiger charge is -2.31. The summed E-state index contributed by atoms with van der Waals surface area (Å²) in [5, 5.41) is 3.42. The Hall–Kier alpha value is -3.49. The van der Waals surface area contributed by atoms with Crippen molar-refractivity contribution in [3.63, 3.8) is 0 Å². The molecule has 1 N–H and O–H groups in total. The molecule has 0 unspecified atom stereocenters. The number of halogens is 1. The first-order valence-corrected chi connectivity index (χ1v) is 13.5. The lowest BCUT2D eigenvalue weighted by Crippen LogP contribution is -2.44. The van der Waals surface area contributed by atoms with Crippen molar-refractivity contribution < 1.29 is 23.4 Å². The zero-order valence-corrected chi connectivity index (χ0v) is 22.6. The number of nitrogens with one attached hydrogen (secondary N) is 1. The van der Waals surface area contributed by atoms with Gasteiger partial charge < -0.3 is 24.4 Å². The van der Waals surface area contributed by atoms with Gasteiger partial charge in [0.1, 0.15) is 12.4 Å². The molecule has 0 spiro atoms. The van der Waals surface area contributed by atoms with Gasteiger partial charge in [-0.1, -0.05) is 24.3 Å². The summed E-state index contributed by atoms with van der Waals surface area (Å²) >= 11 is 0. The molecule has 1 saturated carbocycles. The van der Waals surface area contributed by atoms with Gasteiger partial charge in [0.05, 0.1) is 30.9 Å². The number of para-hydroxylation sites is 1. The molecule has 2 aliphatic heterocycles. The number of benzene rings is 2. The molecule has 6 rings (SSSR count). The second-order valence-electron chi connectivity index (χ2n) is 10.8. The first-order chi connectivity index (χ1) is 19.0. The van der Waals surface area contributed by atoms with Gasteiger partial charge in [0.25, 0.3) is 0 Å². The van der Waals surface area contributed by atoms with Crippen LogP contribution >= 0.6 is 0 Å². The van der Waals surface area contributed by atoms with E-state index in [9.17, 15) is 4.79 Å². The summed E-state index contributed by atoms with van der Waals surface area (Å²) < 4.78 is 32.0. The molecule has 2 fully saturated rings. The molecule has 7 nitrogen and oxygen atoms in total. The zero-order valence-electron chi connectivity index (χ0n) is 22.6. The highest BCUT2D eigenvalue weighted by Gasteiger charge is 2.71. The summed E-state index contributed by atoms with van der Waals surface area (Å²) in [7, 11) is 3.08. The van der Waals surface area contributed by atoms with E-state index in [1.54, 1.807) is 13.2 Å². The van der Waals surface area contributed by atoms with E-state index in [0.29, 0.717) is 24.4 Å². The molecule has 1 aromatic heterocycles. The van der Waals surface area contributed by atoms with Crippen LogP contribution in [0.2, 0.25) is 0 Å². The predicted molar refractivity (Wildman–Crippen MR) is 146 cm³/mol. The van der Waals surface area contributed by atoms with Crippen LogP contribution in [0.5, 0.6) is 5.75 Å². The van der Waals surface area contributed by atoms with E-state index in [1.165, 1.54) is 29.9 Å². The van der Waals surface area contributed by atoms with Crippen molar-refractivity contribution in [2.45, 2.75) is 39.0 Å². The average Bonchev–Trinajstić information content (AvgIpc) is 3.60. The smallest absolute Gasteiger partial charge is 0.314 e. The predicted octanol–water partition coefficient (Wildman–Crippen LogP) is 4.44. The minimum Gasteiger partial charge on any atom is -0.485 e. The molecular formula is C31H34FN3O4. The van der Waals surface area contributed by atoms with Crippen LogP contribution in [0.15, 0.2) is 48.5 Å². The van der Waals surface area contributed by atoms with Crippen LogP contribution in [0, 0.1) is 24.1 Å². The molecule has 3 atom stereocenters. The molecule has 39 heavy (non-hydrogen) atoms. The molecule has 0 amide bonds. The van der Waals surface area contributed by atoms with E-state index in [0.717, 1.165) is 37.3 Å². The number of aryl methyl sites for hydroxylation is 1. The molecule has 3 heterocycles. The van der Waals surface area contributed by atoms with Gasteiger partial charge in [0.15, 0.2) is 11.6 Å². The van der Waals surface area contributed by atoms with Crippen molar-refractivity contribution in [1.82, 2.24) is 10.3 Å². The van der Waals surface area contributed by atoms with Crippen molar-refractivity contribution in [2.24, 2.45) is 11.3 Å². The number of anilines is 1. The van der Waals surface area contributed by atoms with E-state index >= 15 is 4.39 Å². The van der Waals surface area contributed by atoms with Crippen LogP contribution in [0.4, 0.5) is 10.2 Å². The Morgan fingerprint density at radius 2 is 2.05 bits per heavy atom. The maximum atomic E-state index is 15.2. The molecule has 3 aliphatic rings. The minimum atomic E-state index is -0.557. The van der Waals surface area contributed by atoms with Crippen LogP contribution in [0.25, 0.3) is 11.3 Å². The van der Waals surface area contributed by atoms with Gasteiger partial charge in [-0.15, -0.1) is 0 Å². The number of rotatable bonds is 8. The van der Waals surface area contributed by atoms with Crippen molar-refractivity contribution in [2.75, 3.05) is 38.8 Å². The van der Waals surface area contributed by atoms with Gasteiger partial charge in [-0.05, 0) is 78.7 Å². The highest BCUT2D eigenvalue weighted by atomic mass is 19.1. The van der Waals surface area contributed by atoms with Crippen LogP contribution in [-0.2, 0) is 33.8 Å². The Kier molecular flexibility index (Phi) is 6.77. The molecule has 8 heteroatoms. The van der Waals surface area contributed by atoms with Crippen LogP contribution in [0.3, 0.4) is 0 Å². The third-order valence-electron chi connectivity index (χ3n) is 8.58. The maximum Gasteiger partial charge on any atom is 0.314 e. The SMILES string of the molecule is COC[C@H]1N(c2cccc(-c3cccc(F)c3OCc3cc(C)c4c(c3)CCNC4)n2)C[C@@H]2C[C@@]21C(=O)OC. The summed E-state index contributed by atoms with van der Waals surface area (Å²) in [6, 6.07) is 14.7. The number of hydrogen-bond acceptors (Lipinski definition) is 7.